The molecule has 0 atom stereocenters. The predicted octanol–water partition coefficient (Wildman–Crippen LogP) is -2.33. The van der Waals surface area contributed by atoms with Gasteiger partial charge in [0.15, 0.2) is 24.2 Å². The van der Waals surface area contributed by atoms with Crippen molar-refractivity contribution in [2.75, 3.05) is 119 Å². The predicted molar refractivity (Wildman–Crippen MR) is 200 cm³/mol. The molecule has 0 amide bonds. The van der Waals surface area contributed by atoms with Crippen LogP contribution in [0.15, 0.2) is 0 Å². The van der Waals surface area contributed by atoms with E-state index in [1.54, 1.807) is 0 Å². The topological polar surface area (TPSA) is 271 Å². The van der Waals surface area contributed by atoms with Crippen LogP contribution in [-0.2, 0) is 66.3 Å². The first-order valence-electron chi connectivity index (χ1n) is 19.8. The SMILES string of the molecule is CC1(C)OCC(OCC(O)COC2COC(C)(C)OC2)CO1.CC1OCC(OCC(O)COC2COC(C)OC2)CO1.OCC(CO)OCC(O)COC(CO)CO. The molecule has 0 unspecified atom stereocenters. The highest BCUT2D eigenvalue weighted by Crippen LogP contribution is 2.20. The van der Waals surface area contributed by atoms with Crippen molar-refractivity contribution in [1.82, 2.24) is 0 Å². The Kier molecular flexibility index (Phi) is 27.1. The van der Waals surface area contributed by atoms with Gasteiger partial charge in [-0.2, -0.15) is 0 Å². The van der Waals surface area contributed by atoms with Gasteiger partial charge in [-0.05, 0) is 41.5 Å². The van der Waals surface area contributed by atoms with Gasteiger partial charge in [0.25, 0.3) is 0 Å². The van der Waals surface area contributed by atoms with Crippen LogP contribution in [0.25, 0.3) is 0 Å². The van der Waals surface area contributed by atoms with Crippen LogP contribution in [-0.4, -0.2) is 234 Å². The first-order valence-corrected chi connectivity index (χ1v) is 19.8. The van der Waals surface area contributed by atoms with Gasteiger partial charge >= 0.3 is 0 Å². The molecular formula is C37H72O21. The molecule has 4 saturated heterocycles. The Labute approximate surface area is 341 Å². The van der Waals surface area contributed by atoms with Crippen LogP contribution in [0, 0.1) is 0 Å². The van der Waals surface area contributed by atoms with E-state index in [0.717, 1.165) is 0 Å². The average Bonchev–Trinajstić information content (AvgIpc) is 3.21. The maximum atomic E-state index is 9.90. The second-order valence-corrected chi connectivity index (χ2v) is 14.9. The molecule has 4 rings (SSSR count). The van der Waals surface area contributed by atoms with Crippen LogP contribution in [0.2, 0.25) is 0 Å². The summed E-state index contributed by atoms with van der Waals surface area (Å²) in [4.78, 5) is 0. The van der Waals surface area contributed by atoms with Crippen LogP contribution >= 0.6 is 0 Å². The van der Waals surface area contributed by atoms with E-state index in [-0.39, 0.29) is 103 Å². The van der Waals surface area contributed by atoms with Crippen molar-refractivity contribution in [3.63, 3.8) is 0 Å². The fourth-order valence-electron chi connectivity index (χ4n) is 4.86. The molecular weight excluding hydrogens is 780 g/mol. The molecule has 4 fully saturated rings. The van der Waals surface area contributed by atoms with Gasteiger partial charge in [0.2, 0.25) is 0 Å². The Morgan fingerprint density at radius 1 is 0.431 bits per heavy atom. The van der Waals surface area contributed by atoms with Gasteiger partial charge in [-0.15, -0.1) is 0 Å². The average molecular weight is 853 g/mol. The van der Waals surface area contributed by atoms with Gasteiger partial charge < -0.3 is 102 Å². The zero-order chi connectivity index (χ0) is 43.0. The zero-order valence-electron chi connectivity index (χ0n) is 34.9. The second kappa shape index (κ2) is 29.5. The molecule has 4 aliphatic heterocycles. The standard InChI is InChI=1S/C15H28O7.C13H24O7.C9H20O7/c1-14(2)19-7-12(8-20-14)17-5-11(16)6-18-13-9-21-15(3,4)22-10-13;1-9-15-5-12(6-16-9)19-3-11(14)4-20-13-7-17-10(2)18-8-13;10-1-8(2-11)15-5-7(14)6-16-9(3-12)4-13/h11-13,16H,5-10H2,1-4H3;9-14H,3-8H2,1-2H3;7-14H,1-6H2. The van der Waals surface area contributed by atoms with Gasteiger partial charge in [-0.25, -0.2) is 0 Å². The third kappa shape index (κ3) is 24.6. The summed E-state index contributed by atoms with van der Waals surface area (Å²) in [6.45, 7) is 14.1. The normalized spacial score (nSPS) is 26.0. The number of ether oxygens (including phenoxy) is 14. The molecule has 4 aliphatic rings. The van der Waals surface area contributed by atoms with Gasteiger partial charge in [0.05, 0.1) is 119 Å². The van der Waals surface area contributed by atoms with Crippen LogP contribution in [0.1, 0.15) is 41.5 Å². The van der Waals surface area contributed by atoms with E-state index >= 15 is 0 Å². The number of aliphatic hydroxyl groups is 7. The first kappa shape index (κ1) is 53.3. The lowest BCUT2D eigenvalue weighted by molar-refractivity contribution is -0.286. The van der Waals surface area contributed by atoms with E-state index in [1.807, 2.05) is 41.5 Å². The Morgan fingerprint density at radius 3 is 0.931 bits per heavy atom. The lowest BCUT2D eigenvalue weighted by atomic mass is 10.3. The summed E-state index contributed by atoms with van der Waals surface area (Å²) in [5.74, 6) is -1.12. The molecule has 4 heterocycles. The summed E-state index contributed by atoms with van der Waals surface area (Å²) in [6.07, 6.45) is -4.74. The highest BCUT2D eigenvalue weighted by molar-refractivity contribution is 4.71. The van der Waals surface area contributed by atoms with Crippen molar-refractivity contribution in [2.24, 2.45) is 0 Å². The Balaban J connectivity index is 0.000000305. The number of aliphatic hydroxyl groups excluding tert-OH is 7. The van der Waals surface area contributed by atoms with Crippen molar-refractivity contribution in [1.29, 1.82) is 0 Å². The van der Waals surface area contributed by atoms with E-state index in [2.05, 4.69) is 0 Å². The van der Waals surface area contributed by atoms with Crippen molar-refractivity contribution in [3.8, 4) is 0 Å². The molecule has 0 aliphatic carbocycles. The molecule has 0 spiro atoms. The molecule has 0 aromatic carbocycles. The minimum absolute atomic E-state index is 0.102. The molecule has 21 nitrogen and oxygen atoms in total. The largest absolute Gasteiger partial charge is 0.394 e. The van der Waals surface area contributed by atoms with Crippen molar-refractivity contribution in [2.45, 2.75) is 121 Å². The summed E-state index contributed by atoms with van der Waals surface area (Å²) in [7, 11) is 0. The number of hydrogen-bond acceptors (Lipinski definition) is 21. The molecule has 58 heavy (non-hydrogen) atoms. The van der Waals surface area contributed by atoms with Crippen LogP contribution in [0.3, 0.4) is 0 Å². The van der Waals surface area contributed by atoms with Crippen molar-refractivity contribution < 1.29 is 102 Å². The maximum absolute atomic E-state index is 9.90. The maximum Gasteiger partial charge on any atom is 0.163 e. The van der Waals surface area contributed by atoms with Crippen LogP contribution in [0.5, 0.6) is 0 Å². The summed E-state index contributed by atoms with van der Waals surface area (Å²) >= 11 is 0. The Morgan fingerprint density at radius 2 is 0.672 bits per heavy atom. The zero-order valence-corrected chi connectivity index (χ0v) is 34.9. The molecule has 0 bridgehead atoms. The van der Waals surface area contributed by atoms with E-state index in [0.29, 0.717) is 52.9 Å². The molecule has 7 N–H and O–H groups in total. The molecule has 21 heteroatoms. The van der Waals surface area contributed by atoms with E-state index in [9.17, 15) is 15.3 Å². The van der Waals surface area contributed by atoms with Crippen molar-refractivity contribution in [3.05, 3.63) is 0 Å². The smallest absolute Gasteiger partial charge is 0.163 e. The highest BCUT2D eigenvalue weighted by atomic mass is 16.7. The van der Waals surface area contributed by atoms with Gasteiger partial charge in [0.1, 0.15) is 54.9 Å². The number of hydrogen-bond donors (Lipinski definition) is 7. The van der Waals surface area contributed by atoms with E-state index in [4.69, 9.17) is 86.7 Å². The van der Waals surface area contributed by atoms with Gasteiger partial charge in [-0.1, -0.05) is 0 Å². The molecule has 0 aromatic heterocycles. The third-order valence-electron chi connectivity index (χ3n) is 8.50. The molecule has 0 radical (unpaired) electrons. The van der Waals surface area contributed by atoms with Crippen LogP contribution in [0.4, 0.5) is 0 Å². The van der Waals surface area contributed by atoms with Gasteiger partial charge in [-0.3, -0.25) is 0 Å². The highest BCUT2D eigenvalue weighted by Gasteiger charge is 2.31. The van der Waals surface area contributed by atoms with E-state index < -0.39 is 42.1 Å². The third-order valence-corrected chi connectivity index (χ3v) is 8.50. The quantitative estimate of drug-likeness (QED) is 0.0602. The fraction of sp³-hybridized carbons (Fsp3) is 1.00. The molecule has 0 saturated carbocycles. The lowest BCUT2D eigenvalue weighted by Crippen LogP contribution is -2.45. The lowest BCUT2D eigenvalue weighted by Gasteiger charge is -2.35. The van der Waals surface area contributed by atoms with Crippen molar-refractivity contribution >= 4 is 0 Å². The molecule has 0 aromatic rings. The second-order valence-electron chi connectivity index (χ2n) is 14.9. The monoisotopic (exact) mass is 852 g/mol. The van der Waals surface area contributed by atoms with Crippen LogP contribution < -0.4 is 0 Å². The Hall–Kier alpha value is -0.840. The van der Waals surface area contributed by atoms with E-state index in [1.165, 1.54) is 0 Å². The van der Waals surface area contributed by atoms with Gasteiger partial charge in [0, 0.05) is 0 Å². The summed E-state index contributed by atoms with van der Waals surface area (Å²) in [5, 5.41) is 63.7. The number of rotatable bonds is 22. The minimum atomic E-state index is -0.943. The summed E-state index contributed by atoms with van der Waals surface area (Å²) in [6, 6.07) is 0. The first-order chi connectivity index (χ1) is 27.6. The molecule has 346 valence electrons. The Bertz CT molecular complexity index is 894. The minimum Gasteiger partial charge on any atom is -0.394 e. The summed E-state index contributed by atoms with van der Waals surface area (Å²) in [5.41, 5.74) is 0. The fourth-order valence-corrected chi connectivity index (χ4v) is 4.86. The summed E-state index contributed by atoms with van der Waals surface area (Å²) < 4.78 is 75.2.